The Morgan fingerprint density at radius 2 is 1.60 bits per heavy atom. The lowest BCUT2D eigenvalue weighted by atomic mass is 10.1. The lowest BCUT2D eigenvalue weighted by Gasteiger charge is -2.08. The minimum absolute atomic E-state index is 0.0122. The molecular formula is C20H19N5O4S. The number of nitrogens with zero attached hydrogens (tertiary/aromatic N) is 2. The average Bonchev–Trinajstić information content (AvgIpc) is 2.68. The number of nitrogens with one attached hydrogen (secondary N) is 2. The monoisotopic (exact) mass is 425 g/mol. The third kappa shape index (κ3) is 5.69. The molecule has 0 saturated heterocycles. The molecule has 0 bridgehead atoms. The Morgan fingerprint density at radius 1 is 0.967 bits per heavy atom. The van der Waals surface area contributed by atoms with E-state index >= 15 is 0 Å². The van der Waals surface area contributed by atoms with Gasteiger partial charge in [-0.05, 0) is 49.4 Å². The smallest absolute Gasteiger partial charge is 0.238 e. The van der Waals surface area contributed by atoms with Gasteiger partial charge < -0.3 is 10.6 Å². The molecule has 0 aliphatic carbocycles. The molecule has 154 valence electrons. The second kappa shape index (κ2) is 8.80. The first kappa shape index (κ1) is 21.1. The summed E-state index contributed by atoms with van der Waals surface area (Å²) >= 11 is 0. The lowest BCUT2D eigenvalue weighted by Crippen LogP contribution is -2.14. The molecular weight excluding hydrogens is 406 g/mol. The number of amides is 1. The predicted octanol–water partition coefficient (Wildman–Crippen LogP) is 2.45. The van der Waals surface area contributed by atoms with Gasteiger partial charge in [-0.15, -0.1) is 0 Å². The van der Waals surface area contributed by atoms with Crippen LogP contribution in [0.5, 0.6) is 0 Å². The van der Waals surface area contributed by atoms with E-state index in [0.29, 0.717) is 23.0 Å². The molecule has 9 nitrogen and oxygen atoms in total. The molecule has 0 spiro atoms. The molecule has 3 aromatic rings. The molecule has 0 saturated carbocycles. The highest BCUT2D eigenvalue weighted by molar-refractivity contribution is 7.89. The largest absolute Gasteiger partial charge is 0.326 e. The van der Waals surface area contributed by atoms with Crippen molar-refractivity contribution < 1.29 is 18.0 Å². The maximum atomic E-state index is 11.7. The van der Waals surface area contributed by atoms with Gasteiger partial charge in [0.25, 0.3) is 0 Å². The number of benzene rings is 2. The van der Waals surface area contributed by atoms with Crippen LogP contribution in [0.2, 0.25) is 0 Å². The van der Waals surface area contributed by atoms with Crippen LogP contribution >= 0.6 is 0 Å². The van der Waals surface area contributed by atoms with Crippen LogP contribution in [-0.4, -0.2) is 30.1 Å². The van der Waals surface area contributed by atoms with Gasteiger partial charge in [0.1, 0.15) is 5.78 Å². The van der Waals surface area contributed by atoms with Gasteiger partial charge in [-0.1, -0.05) is 12.1 Å². The molecule has 1 amide bonds. The van der Waals surface area contributed by atoms with E-state index in [1.54, 1.807) is 48.7 Å². The van der Waals surface area contributed by atoms with E-state index in [2.05, 4.69) is 20.6 Å². The van der Waals surface area contributed by atoms with Gasteiger partial charge in [-0.25, -0.2) is 23.5 Å². The first-order valence-electron chi connectivity index (χ1n) is 8.83. The van der Waals surface area contributed by atoms with Crippen molar-refractivity contribution in [1.29, 1.82) is 0 Å². The van der Waals surface area contributed by atoms with Gasteiger partial charge in [0.15, 0.2) is 0 Å². The topological polar surface area (TPSA) is 144 Å². The second-order valence-electron chi connectivity index (χ2n) is 6.46. The summed E-state index contributed by atoms with van der Waals surface area (Å²) in [6.07, 6.45) is 1.42. The number of rotatable bonds is 7. The fraction of sp³-hybridized carbons (Fsp3) is 0.100. The van der Waals surface area contributed by atoms with Crippen molar-refractivity contribution in [2.24, 2.45) is 5.14 Å². The molecule has 0 aliphatic rings. The van der Waals surface area contributed by atoms with Crippen LogP contribution in [0, 0.1) is 0 Å². The Balaban J connectivity index is 1.72. The van der Waals surface area contributed by atoms with Crippen LogP contribution in [0.15, 0.2) is 65.7 Å². The van der Waals surface area contributed by atoms with Gasteiger partial charge in [0.2, 0.25) is 21.9 Å². The van der Waals surface area contributed by atoms with Gasteiger partial charge in [0.05, 0.1) is 17.0 Å². The Bertz CT molecular complexity index is 1180. The number of nitrogens with two attached hydrogens (primary N) is 1. The molecule has 0 fully saturated rings. The number of Topliss-reactive ketones (excluding diaryl/α,β-unsaturated/α-hetero) is 1. The highest BCUT2D eigenvalue weighted by Gasteiger charge is 2.09. The van der Waals surface area contributed by atoms with Crippen LogP contribution in [0.3, 0.4) is 0 Å². The second-order valence-corrected chi connectivity index (χ2v) is 8.03. The molecule has 4 N–H and O–H groups in total. The van der Waals surface area contributed by atoms with Crippen molar-refractivity contribution >= 4 is 39.0 Å². The van der Waals surface area contributed by atoms with Crippen LogP contribution in [-0.2, 0) is 19.6 Å². The molecule has 1 aromatic heterocycles. The van der Waals surface area contributed by atoms with E-state index in [1.165, 1.54) is 19.1 Å². The molecule has 0 unspecified atom stereocenters. The highest BCUT2D eigenvalue weighted by atomic mass is 32.2. The quantitative estimate of drug-likeness (QED) is 0.493. The number of carbonyl (C=O) groups excluding carboxylic acids is 2. The summed E-state index contributed by atoms with van der Waals surface area (Å²) in [6.45, 7) is 1.36. The Hall–Kier alpha value is -3.63. The summed E-state index contributed by atoms with van der Waals surface area (Å²) in [4.78, 5) is 31.3. The molecule has 0 aliphatic heterocycles. The summed E-state index contributed by atoms with van der Waals surface area (Å²) in [7, 11) is -3.75. The van der Waals surface area contributed by atoms with Crippen LogP contribution in [0.25, 0.3) is 11.3 Å². The summed E-state index contributed by atoms with van der Waals surface area (Å²) in [5.41, 5.74) is 2.63. The summed E-state index contributed by atoms with van der Waals surface area (Å²) in [5.74, 6) is -0.239. The average molecular weight is 425 g/mol. The number of anilines is 3. The molecule has 30 heavy (non-hydrogen) atoms. The molecule has 0 radical (unpaired) electrons. The highest BCUT2D eigenvalue weighted by Crippen LogP contribution is 2.22. The number of sulfonamides is 1. The van der Waals surface area contributed by atoms with E-state index in [-0.39, 0.29) is 23.0 Å². The third-order valence-corrected chi connectivity index (χ3v) is 4.90. The Kier molecular flexibility index (Phi) is 6.19. The summed E-state index contributed by atoms with van der Waals surface area (Å²) < 4.78 is 22.7. The number of ketones is 1. The zero-order chi connectivity index (χ0) is 21.7. The summed E-state index contributed by atoms with van der Waals surface area (Å²) in [6, 6.07) is 14.7. The van der Waals surface area contributed by atoms with Crippen LogP contribution in [0.1, 0.15) is 13.3 Å². The first-order valence-corrected chi connectivity index (χ1v) is 10.4. The standard InChI is InChI=1S/C20H19N5O4S/c1-13(26)12-19(27)23-15-4-2-14(3-5-15)18-10-11-22-20(25-18)24-16-6-8-17(9-7-16)30(21,28)29/h2-11H,12H2,1H3,(H,23,27)(H2,21,28,29)(H,22,24,25). The maximum Gasteiger partial charge on any atom is 0.238 e. The molecule has 0 atom stereocenters. The van der Waals surface area contributed by atoms with Crippen LogP contribution < -0.4 is 15.8 Å². The minimum atomic E-state index is -3.75. The number of carbonyl (C=O) groups is 2. The van der Waals surface area contributed by atoms with Crippen molar-refractivity contribution in [1.82, 2.24) is 9.97 Å². The van der Waals surface area contributed by atoms with Gasteiger partial charge in [-0.2, -0.15) is 0 Å². The first-order chi connectivity index (χ1) is 14.2. The van der Waals surface area contributed by atoms with Crippen molar-refractivity contribution in [2.75, 3.05) is 10.6 Å². The van der Waals surface area contributed by atoms with E-state index < -0.39 is 10.0 Å². The molecule has 2 aromatic carbocycles. The summed E-state index contributed by atoms with van der Waals surface area (Å²) in [5, 5.41) is 10.7. The van der Waals surface area contributed by atoms with Gasteiger partial charge in [0, 0.05) is 23.1 Å². The van der Waals surface area contributed by atoms with Gasteiger partial charge in [-0.3, -0.25) is 9.59 Å². The van der Waals surface area contributed by atoms with Crippen LogP contribution in [0.4, 0.5) is 17.3 Å². The van der Waals surface area contributed by atoms with Crippen molar-refractivity contribution in [2.45, 2.75) is 18.2 Å². The predicted molar refractivity (Wildman–Crippen MR) is 112 cm³/mol. The van der Waals surface area contributed by atoms with Gasteiger partial charge >= 0.3 is 0 Å². The Morgan fingerprint density at radius 3 is 2.20 bits per heavy atom. The fourth-order valence-electron chi connectivity index (χ4n) is 2.59. The zero-order valence-corrected chi connectivity index (χ0v) is 16.8. The SMILES string of the molecule is CC(=O)CC(=O)Nc1ccc(-c2ccnc(Nc3ccc(S(N)(=O)=O)cc3)n2)cc1. The third-order valence-electron chi connectivity index (χ3n) is 3.97. The van der Waals surface area contributed by atoms with Crippen molar-refractivity contribution in [3.05, 3.63) is 60.8 Å². The lowest BCUT2D eigenvalue weighted by molar-refractivity contribution is -0.124. The molecule has 3 rings (SSSR count). The molecule has 10 heteroatoms. The van der Waals surface area contributed by atoms with Crippen molar-refractivity contribution in [3.63, 3.8) is 0 Å². The zero-order valence-electron chi connectivity index (χ0n) is 16.0. The van der Waals surface area contributed by atoms with E-state index in [1.807, 2.05) is 0 Å². The normalized spacial score (nSPS) is 11.0. The number of hydrogen-bond donors (Lipinski definition) is 3. The number of hydrogen-bond acceptors (Lipinski definition) is 7. The van der Waals surface area contributed by atoms with E-state index in [4.69, 9.17) is 5.14 Å². The minimum Gasteiger partial charge on any atom is -0.326 e. The fourth-order valence-corrected chi connectivity index (χ4v) is 3.11. The van der Waals surface area contributed by atoms with E-state index in [0.717, 1.165) is 5.56 Å². The molecule has 1 heterocycles. The number of aromatic nitrogens is 2. The van der Waals surface area contributed by atoms with E-state index in [9.17, 15) is 18.0 Å². The maximum absolute atomic E-state index is 11.7. The number of primary sulfonamides is 1. The Labute approximate surface area is 173 Å². The van der Waals surface area contributed by atoms with Crippen molar-refractivity contribution in [3.8, 4) is 11.3 Å².